The molecular weight excluding hydrogens is 558 g/mol. The van der Waals surface area contributed by atoms with E-state index in [-0.39, 0.29) is 0 Å². The fraction of sp³-hybridized carbons (Fsp3) is 0. The highest BCUT2D eigenvalue weighted by Crippen LogP contribution is 2.49. The maximum Gasteiger partial charge on any atom is 0.159 e. The number of rotatable bonds is 3. The molecule has 0 aliphatic heterocycles. The smallest absolute Gasteiger partial charge is 0.159 e. The molecule has 0 amide bonds. The van der Waals surface area contributed by atoms with Gasteiger partial charge >= 0.3 is 0 Å². The lowest BCUT2D eigenvalue weighted by Crippen LogP contribution is -2.11. The van der Waals surface area contributed by atoms with Gasteiger partial charge in [-0.3, -0.25) is 0 Å². The second-order valence-corrected chi connectivity index (χ2v) is 12.5. The Hall–Kier alpha value is -6.12. The van der Waals surface area contributed by atoms with Gasteiger partial charge in [-0.25, -0.2) is 0 Å². The zero-order chi connectivity index (χ0) is 29.9. The number of benzene rings is 10. The van der Waals surface area contributed by atoms with Gasteiger partial charge in [-0.05, 0) is 78.1 Å². The molecule has 0 unspecified atom stereocenters. The minimum Gasteiger partial charge on any atom is -0.454 e. The van der Waals surface area contributed by atoms with Crippen LogP contribution in [0, 0.1) is 0 Å². The molecule has 0 spiro atoms. The molecule has 1 heterocycles. The lowest BCUT2D eigenvalue weighted by atomic mass is 9.91. The largest absolute Gasteiger partial charge is 0.454 e. The predicted molar refractivity (Wildman–Crippen MR) is 196 cm³/mol. The summed E-state index contributed by atoms with van der Waals surface area (Å²) in [6, 6.07) is 55.4. The third-order valence-electron chi connectivity index (χ3n) is 10.1. The summed E-state index contributed by atoms with van der Waals surface area (Å²) < 4.78 is 6.72. The van der Waals surface area contributed by atoms with Crippen molar-refractivity contribution in [3.05, 3.63) is 152 Å². The summed E-state index contributed by atoms with van der Waals surface area (Å²) in [4.78, 5) is 2.45. The molecular formula is C44H25NO. The van der Waals surface area contributed by atoms with E-state index in [9.17, 15) is 0 Å². The van der Waals surface area contributed by atoms with Crippen molar-refractivity contribution >= 4 is 104 Å². The van der Waals surface area contributed by atoms with Crippen molar-refractivity contribution in [1.29, 1.82) is 0 Å². The van der Waals surface area contributed by atoms with Crippen LogP contribution in [0.5, 0.6) is 0 Å². The van der Waals surface area contributed by atoms with Gasteiger partial charge in [0.25, 0.3) is 0 Å². The molecule has 0 saturated carbocycles. The van der Waals surface area contributed by atoms with Crippen LogP contribution in [0.4, 0.5) is 17.1 Å². The molecule has 46 heavy (non-hydrogen) atoms. The van der Waals surface area contributed by atoms with Crippen molar-refractivity contribution < 1.29 is 4.42 Å². The molecule has 0 fully saturated rings. The fourth-order valence-electron chi connectivity index (χ4n) is 8.13. The van der Waals surface area contributed by atoms with Crippen LogP contribution < -0.4 is 4.90 Å². The SMILES string of the molecule is c1cc2ccc3ccc(N(c4ccc5ccc6cccc7ccc4c5c67)c4cccc5c4oc4ccccc45)c4ccc(c1)c2c34. The van der Waals surface area contributed by atoms with E-state index < -0.39 is 0 Å². The molecule has 0 bridgehead atoms. The molecule has 2 heteroatoms. The predicted octanol–water partition coefficient (Wildman–Crippen LogP) is 12.9. The summed E-state index contributed by atoms with van der Waals surface area (Å²) in [5.74, 6) is 0. The molecule has 11 rings (SSSR count). The number of anilines is 3. The van der Waals surface area contributed by atoms with Crippen molar-refractivity contribution in [3.8, 4) is 0 Å². The zero-order valence-electron chi connectivity index (χ0n) is 24.8. The highest BCUT2D eigenvalue weighted by atomic mass is 16.3. The third-order valence-corrected chi connectivity index (χ3v) is 10.1. The topological polar surface area (TPSA) is 16.4 Å². The third kappa shape index (κ3) is 3.10. The highest BCUT2D eigenvalue weighted by molar-refractivity contribution is 6.29. The van der Waals surface area contributed by atoms with E-state index in [0.29, 0.717) is 0 Å². The molecule has 11 aromatic rings. The number of fused-ring (bicyclic) bond motifs is 3. The van der Waals surface area contributed by atoms with Crippen LogP contribution in [-0.4, -0.2) is 0 Å². The second kappa shape index (κ2) is 8.74. The van der Waals surface area contributed by atoms with Gasteiger partial charge in [0.2, 0.25) is 0 Å². The Bertz CT molecular complexity index is 2810. The quantitative estimate of drug-likeness (QED) is 0.192. The standard InChI is InChI=1S/C44H25NO/c1-2-13-39-32(10-1)33-11-5-12-38(44(33)46-39)45(36-24-20-30-16-14-26-6-3-8-28-18-22-34(36)42(30)40(26)28)37-25-21-31-17-15-27-7-4-9-29-19-23-35(37)43(31)41(27)29/h1-25H. The van der Waals surface area contributed by atoms with Crippen LogP contribution in [0.15, 0.2) is 156 Å². The lowest BCUT2D eigenvalue weighted by molar-refractivity contribution is 0.669. The zero-order valence-corrected chi connectivity index (χ0v) is 24.8. The van der Waals surface area contributed by atoms with Gasteiger partial charge in [0, 0.05) is 21.5 Å². The van der Waals surface area contributed by atoms with Crippen LogP contribution in [0.3, 0.4) is 0 Å². The molecule has 0 radical (unpaired) electrons. The highest BCUT2D eigenvalue weighted by Gasteiger charge is 2.24. The molecule has 0 atom stereocenters. The lowest BCUT2D eigenvalue weighted by Gasteiger charge is -2.29. The second-order valence-electron chi connectivity index (χ2n) is 12.5. The summed E-state index contributed by atoms with van der Waals surface area (Å²) in [5, 5.41) is 17.5. The van der Waals surface area contributed by atoms with E-state index in [1.54, 1.807) is 0 Å². The first-order valence-corrected chi connectivity index (χ1v) is 15.9. The van der Waals surface area contributed by atoms with Crippen molar-refractivity contribution in [1.82, 2.24) is 0 Å². The Labute approximate surface area is 264 Å². The maximum absolute atomic E-state index is 6.72. The molecule has 212 valence electrons. The average Bonchev–Trinajstić information content (AvgIpc) is 3.50. The van der Waals surface area contributed by atoms with Crippen LogP contribution in [0.1, 0.15) is 0 Å². The van der Waals surface area contributed by atoms with Crippen LogP contribution in [0.2, 0.25) is 0 Å². The van der Waals surface area contributed by atoms with Crippen molar-refractivity contribution in [3.63, 3.8) is 0 Å². The molecule has 0 aliphatic rings. The van der Waals surface area contributed by atoms with Crippen LogP contribution in [-0.2, 0) is 0 Å². The Balaban J connectivity index is 1.32. The number of hydrogen-bond donors (Lipinski definition) is 0. The molecule has 0 saturated heterocycles. The van der Waals surface area contributed by atoms with Gasteiger partial charge in [0.1, 0.15) is 5.58 Å². The molecule has 0 N–H and O–H groups in total. The number of hydrogen-bond acceptors (Lipinski definition) is 2. The fourth-order valence-corrected chi connectivity index (χ4v) is 8.13. The van der Waals surface area contributed by atoms with E-state index >= 15 is 0 Å². The number of nitrogens with zero attached hydrogens (tertiary/aromatic N) is 1. The Morgan fingerprint density at radius 2 is 0.761 bits per heavy atom. The van der Waals surface area contributed by atoms with E-state index in [0.717, 1.165) is 39.0 Å². The minimum atomic E-state index is 0.889. The van der Waals surface area contributed by atoms with E-state index in [1.165, 1.54) is 64.6 Å². The monoisotopic (exact) mass is 583 g/mol. The normalized spacial score (nSPS) is 12.3. The van der Waals surface area contributed by atoms with Gasteiger partial charge in [-0.15, -0.1) is 0 Å². The summed E-state index contributed by atoms with van der Waals surface area (Å²) >= 11 is 0. The first kappa shape index (κ1) is 24.2. The van der Waals surface area contributed by atoms with Gasteiger partial charge in [0.05, 0.1) is 17.1 Å². The van der Waals surface area contributed by atoms with Crippen molar-refractivity contribution in [2.45, 2.75) is 0 Å². The van der Waals surface area contributed by atoms with Crippen molar-refractivity contribution in [2.75, 3.05) is 4.90 Å². The van der Waals surface area contributed by atoms with E-state index in [2.05, 4.69) is 150 Å². The summed E-state index contributed by atoms with van der Waals surface area (Å²) in [6.07, 6.45) is 0. The van der Waals surface area contributed by atoms with Crippen LogP contribution in [0.25, 0.3) is 86.6 Å². The minimum absolute atomic E-state index is 0.889. The Morgan fingerprint density at radius 3 is 1.35 bits per heavy atom. The summed E-state index contributed by atoms with van der Waals surface area (Å²) in [7, 11) is 0. The molecule has 1 aromatic heterocycles. The molecule has 2 nitrogen and oxygen atoms in total. The maximum atomic E-state index is 6.72. The van der Waals surface area contributed by atoms with E-state index in [1.807, 2.05) is 6.07 Å². The van der Waals surface area contributed by atoms with Gasteiger partial charge < -0.3 is 9.32 Å². The molecule has 10 aromatic carbocycles. The van der Waals surface area contributed by atoms with Gasteiger partial charge in [-0.1, -0.05) is 127 Å². The van der Waals surface area contributed by atoms with Gasteiger partial charge in [-0.2, -0.15) is 0 Å². The Kier molecular flexibility index (Phi) is 4.61. The van der Waals surface area contributed by atoms with Crippen molar-refractivity contribution in [2.24, 2.45) is 0 Å². The number of para-hydroxylation sites is 2. The van der Waals surface area contributed by atoms with E-state index in [4.69, 9.17) is 4.42 Å². The summed E-state index contributed by atoms with van der Waals surface area (Å²) in [5.41, 5.74) is 5.08. The summed E-state index contributed by atoms with van der Waals surface area (Å²) in [6.45, 7) is 0. The first-order chi connectivity index (χ1) is 22.8. The first-order valence-electron chi connectivity index (χ1n) is 15.9. The molecule has 0 aliphatic carbocycles. The van der Waals surface area contributed by atoms with Crippen LogP contribution >= 0.6 is 0 Å². The number of furan rings is 1. The Morgan fingerprint density at radius 1 is 0.304 bits per heavy atom. The average molecular weight is 584 g/mol. The van der Waals surface area contributed by atoms with Gasteiger partial charge in [0.15, 0.2) is 5.58 Å².